The molecule has 2 rings (SSSR count). The highest BCUT2D eigenvalue weighted by molar-refractivity contribution is 6.06. The van der Waals surface area contributed by atoms with Gasteiger partial charge in [-0.3, -0.25) is 24.2 Å². The Morgan fingerprint density at radius 3 is 2.67 bits per heavy atom. The minimum atomic E-state index is -0.899. The highest BCUT2D eigenvalue weighted by atomic mass is 16.4. The number of likely N-dealkylation sites (tertiary alicyclic amines) is 2. The predicted octanol–water partition coefficient (Wildman–Crippen LogP) is 1.10. The molecule has 0 radical (unpaired) electrons. The molecule has 2 heterocycles. The molecule has 6 nitrogen and oxygen atoms in total. The lowest BCUT2D eigenvalue weighted by Crippen LogP contribution is -2.54. The fourth-order valence-electron chi connectivity index (χ4n) is 3.31. The number of amides is 2. The van der Waals surface area contributed by atoms with Gasteiger partial charge < -0.3 is 5.11 Å². The Hall–Kier alpha value is -1.43. The number of hydrogen-bond acceptors (Lipinski definition) is 4. The van der Waals surface area contributed by atoms with E-state index in [4.69, 9.17) is 0 Å². The van der Waals surface area contributed by atoms with Gasteiger partial charge in [-0.15, -0.1) is 0 Å². The van der Waals surface area contributed by atoms with Gasteiger partial charge in [-0.05, 0) is 32.1 Å². The Kier molecular flexibility index (Phi) is 4.66. The number of nitrogens with zero attached hydrogens (tertiary/aromatic N) is 2. The molecule has 0 aromatic heterocycles. The summed E-state index contributed by atoms with van der Waals surface area (Å²) >= 11 is 0. The van der Waals surface area contributed by atoms with E-state index in [0.29, 0.717) is 25.3 Å². The van der Waals surface area contributed by atoms with Crippen molar-refractivity contribution in [1.29, 1.82) is 0 Å². The first-order valence-electron chi connectivity index (χ1n) is 7.71. The number of imide groups is 1. The predicted molar refractivity (Wildman–Crippen MR) is 76.5 cm³/mol. The van der Waals surface area contributed by atoms with E-state index in [2.05, 4.69) is 0 Å². The quantitative estimate of drug-likeness (QED) is 0.786. The zero-order valence-electron chi connectivity index (χ0n) is 12.9. The molecule has 0 aliphatic carbocycles. The van der Waals surface area contributed by atoms with Crippen LogP contribution in [-0.4, -0.2) is 57.4 Å². The third-order valence-corrected chi connectivity index (χ3v) is 4.78. The van der Waals surface area contributed by atoms with Crippen LogP contribution in [0.5, 0.6) is 0 Å². The molecule has 0 aromatic carbocycles. The summed E-state index contributed by atoms with van der Waals surface area (Å²) in [6, 6.07) is -1.38. The summed E-state index contributed by atoms with van der Waals surface area (Å²) in [7, 11) is 0. The molecule has 2 aliphatic rings. The van der Waals surface area contributed by atoms with Crippen LogP contribution in [0.2, 0.25) is 0 Å². The zero-order valence-corrected chi connectivity index (χ0v) is 12.9. The van der Waals surface area contributed by atoms with Crippen LogP contribution in [0.1, 0.15) is 46.5 Å². The Balaban J connectivity index is 2.19. The lowest BCUT2D eigenvalue weighted by Gasteiger charge is -2.38. The number of carboxylic acids is 1. The molecule has 1 N–H and O–H groups in total. The number of rotatable bonds is 4. The van der Waals surface area contributed by atoms with Crippen molar-refractivity contribution >= 4 is 17.8 Å². The Morgan fingerprint density at radius 1 is 1.43 bits per heavy atom. The second-order valence-electron chi connectivity index (χ2n) is 6.30. The molecule has 2 saturated heterocycles. The summed E-state index contributed by atoms with van der Waals surface area (Å²) in [6.07, 6.45) is 2.23. The van der Waals surface area contributed by atoms with Crippen LogP contribution >= 0.6 is 0 Å². The number of piperidine rings is 1. The monoisotopic (exact) mass is 296 g/mol. The number of aliphatic carboxylic acids is 1. The van der Waals surface area contributed by atoms with Crippen molar-refractivity contribution in [2.75, 3.05) is 6.54 Å². The minimum Gasteiger partial charge on any atom is -0.480 e. The van der Waals surface area contributed by atoms with Gasteiger partial charge in [0, 0.05) is 12.6 Å². The molecule has 4 unspecified atom stereocenters. The number of hydrogen-bond donors (Lipinski definition) is 1. The maximum Gasteiger partial charge on any atom is 0.320 e. The molecule has 0 bridgehead atoms. The van der Waals surface area contributed by atoms with Crippen molar-refractivity contribution in [2.24, 2.45) is 5.92 Å². The van der Waals surface area contributed by atoms with Gasteiger partial charge in [0.25, 0.3) is 0 Å². The lowest BCUT2D eigenvalue weighted by molar-refractivity contribution is -0.149. The first kappa shape index (κ1) is 15.9. The second kappa shape index (κ2) is 6.13. The average molecular weight is 296 g/mol. The summed E-state index contributed by atoms with van der Waals surface area (Å²) in [6.45, 7) is 6.38. The van der Waals surface area contributed by atoms with Crippen molar-refractivity contribution in [2.45, 2.75) is 64.6 Å². The molecule has 0 saturated carbocycles. The molecule has 6 heteroatoms. The van der Waals surface area contributed by atoms with Crippen LogP contribution in [0.4, 0.5) is 0 Å². The van der Waals surface area contributed by atoms with E-state index in [1.165, 1.54) is 4.90 Å². The summed E-state index contributed by atoms with van der Waals surface area (Å²) in [5.74, 6) is -0.971. The minimum absolute atomic E-state index is 0.112. The van der Waals surface area contributed by atoms with Crippen LogP contribution in [-0.2, 0) is 14.4 Å². The Bertz CT molecular complexity index is 451. The van der Waals surface area contributed by atoms with Crippen LogP contribution in [0.3, 0.4) is 0 Å². The summed E-state index contributed by atoms with van der Waals surface area (Å²) in [4.78, 5) is 39.2. The summed E-state index contributed by atoms with van der Waals surface area (Å²) < 4.78 is 0. The van der Waals surface area contributed by atoms with Crippen molar-refractivity contribution in [3.63, 3.8) is 0 Å². The van der Waals surface area contributed by atoms with Crippen LogP contribution in [0.15, 0.2) is 0 Å². The van der Waals surface area contributed by atoms with Crippen LogP contribution < -0.4 is 0 Å². The third-order valence-electron chi connectivity index (χ3n) is 4.78. The fourth-order valence-corrected chi connectivity index (χ4v) is 3.31. The summed E-state index contributed by atoms with van der Waals surface area (Å²) in [5.41, 5.74) is 0. The van der Waals surface area contributed by atoms with Crippen molar-refractivity contribution < 1.29 is 19.5 Å². The van der Waals surface area contributed by atoms with E-state index < -0.39 is 18.1 Å². The lowest BCUT2D eigenvalue weighted by atomic mass is 9.91. The molecule has 2 amide bonds. The van der Waals surface area contributed by atoms with Gasteiger partial charge in [0.2, 0.25) is 11.8 Å². The Labute approximate surface area is 125 Å². The number of carbonyl (C=O) groups excluding carboxylic acids is 2. The molecular weight excluding hydrogens is 272 g/mol. The van der Waals surface area contributed by atoms with Gasteiger partial charge >= 0.3 is 5.97 Å². The van der Waals surface area contributed by atoms with E-state index in [9.17, 15) is 19.5 Å². The summed E-state index contributed by atoms with van der Waals surface area (Å²) in [5, 5.41) is 9.41. The first-order valence-corrected chi connectivity index (χ1v) is 7.71. The highest BCUT2D eigenvalue weighted by Crippen LogP contribution is 2.30. The largest absolute Gasteiger partial charge is 0.480 e. The first-order chi connectivity index (χ1) is 9.86. The normalized spacial score (nSPS) is 32.5. The zero-order chi connectivity index (χ0) is 15.7. The standard InChI is InChI=1S/C15H24N2O4/c1-4-10(3)17-13(18)8-11(14(17)19)16-6-5-9(2)7-12(16)15(20)21/h9-12H,4-8H2,1-3H3,(H,20,21). The smallest absolute Gasteiger partial charge is 0.320 e. The van der Waals surface area contributed by atoms with Gasteiger partial charge in [0.05, 0.1) is 12.5 Å². The molecule has 4 atom stereocenters. The van der Waals surface area contributed by atoms with Gasteiger partial charge in [0.15, 0.2) is 0 Å². The van der Waals surface area contributed by atoms with E-state index >= 15 is 0 Å². The molecule has 0 aromatic rings. The van der Waals surface area contributed by atoms with Crippen LogP contribution in [0, 0.1) is 5.92 Å². The molecule has 0 spiro atoms. The van der Waals surface area contributed by atoms with E-state index in [0.717, 1.165) is 6.42 Å². The fraction of sp³-hybridized carbons (Fsp3) is 0.800. The molecule has 21 heavy (non-hydrogen) atoms. The van der Waals surface area contributed by atoms with Crippen molar-refractivity contribution in [3.8, 4) is 0 Å². The van der Waals surface area contributed by atoms with Crippen molar-refractivity contribution in [3.05, 3.63) is 0 Å². The topological polar surface area (TPSA) is 77.9 Å². The average Bonchev–Trinajstić information content (AvgIpc) is 2.73. The van der Waals surface area contributed by atoms with Crippen LogP contribution in [0.25, 0.3) is 0 Å². The molecule has 118 valence electrons. The highest BCUT2D eigenvalue weighted by Gasteiger charge is 2.47. The Morgan fingerprint density at radius 2 is 2.10 bits per heavy atom. The van der Waals surface area contributed by atoms with Gasteiger partial charge in [-0.1, -0.05) is 13.8 Å². The van der Waals surface area contributed by atoms with E-state index in [1.54, 1.807) is 4.90 Å². The number of carboxylic acid groups (broad SMARTS) is 1. The third kappa shape index (κ3) is 2.95. The molecule has 2 fully saturated rings. The second-order valence-corrected chi connectivity index (χ2v) is 6.30. The van der Waals surface area contributed by atoms with E-state index in [1.807, 2.05) is 20.8 Å². The molecular formula is C15H24N2O4. The maximum atomic E-state index is 12.5. The van der Waals surface area contributed by atoms with Gasteiger partial charge in [-0.2, -0.15) is 0 Å². The maximum absolute atomic E-state index is 12.5. The van der Waals surface area contributed by atoms with Crippen molar-refractivity contribution in [1.82, 2.24) is 9.80 Å². The van der Waals surface area contributed by atoms with Gasteiger partial charge in [0.1, 0.15) is 6.04 Å². The number of carbonyl (C=O) groups is 3. The van der Waals surface area contributed by atoms with E-state index in [-0.39, 0.29) is 24.3 Å². The SMILES string of the molecule is CCC(C)N1C(=O)CC(N2CCC(C)CC2C(=O)O)C1=O. The molecule has 2 aliphatic heterocycles. The van der Waals surface area contributed by atoms with Gasteiger partial charge in [-0.25, -0.2) is 0 Å².